The van der Waals surface area contributed by atoms with Crippen molar-refractivity contribution in [3.05, 3.63) is 216 Å². The third-order valence-corrected chi connectivity index (χ3v) is 29.7. The molecule has 662 valence electrons. The van der Waals surface area contributed by atoms with Gasteiger partial charge in [0.15, 0.2) is 23.5 Å². The number of halogens is 5. The molecule has 1 aliphatic heterocycles. The Labute approximate surface area is 770 Å². The summed E-state index contributed by atoms with van der Waals surface area (Å²) in [5.74, 6) is 1.52. The summed E-state index contributed by atoms with van der Waals surface area (Å²) in [5, 5.41) is 6.89. The quantitative estimate of drug-likeness (QED) is 0.0278. The summed E-state index contributed by atoms with van der Waals surface area (Å²) in [6, 6.07) is 43.8. The maximum absolute atomic E-state index is 13.0. The number of nitrogens with one attached hydrogen (secondary N) is 2. The normalized spacial score (nSPS) is 16.8. The van der Waals surface area contributed by atoms with Gasteiger partial charge in [0, 0.05) is 92.6 Å². The van der Waals surface area contributed by atoms with Gasteiger partial charge >= 0.3 is 7.12 Å². The summed E-state index contributed by atoms with van der Waals surface area (Å²) >= 11 is 23.5. The van der Waals surface area contributed by atoms with Crippen LogP contribution < -0.4 is 41.2 Å². The zero-order chi connectivity index (χ0) is 90.5. The number of nitrogens with two attached hydrogens (primary N) is 2. The SMILES string of the molecule is CCc1cc(-c2ccc(CS(=O)(=O)c3ccccc3Cl)nc2OC)cc2cnc(I)nc12.CCc1cc(-c2ccc(CS(=O)(=O)c3ccccc3Cl)nc2OC)cc2cnc(NC3CCC(N(C)C)CC3)nc12.CCc1cc(B2OC(C)(C)C(C)(C)O2)cc2cnc(N)nc12.CN(C)C1CCC(N)CC1.COc1nc(NS(=O)(=O)c2ccccc2Cl)ccc1Br. The fourth-order valence-corrected chi connectivity index (χ4v) is 20.8. The van der Waals surface area contributed by atoms with Crippen molar-refractivity contribution in [1.82, 2.24) is 54.7 Å². The van der Waals surface area contributed by atoms with Crippen LogP contribution in [-0.2, 0) is 69.8 Å². The largest absolute Gasteiger partial charge is 0.494 e. The smallest absolute Gasteiger partial charge is 0.481 e. The zero-order valence-corrected chi connectivity index (χ0v) is 80.8. The van der Waals surface area contributed by atoms with Crippen LogP contribution in [0.4, 0.5) is 17.7 Å². The average molecular weight is 1990 g/mol. The van der Waals surface area contributed by atoms with Crippen molar-refractivity contribution in [3.63, 3.8) is 0 Å². The van der Waals surface area contributed by atoms with Crippen molar-refractivity contribution in [1.29, 1.82) is 0 Å². The lowest BCUT2D eigenvalue weighted by Crippen LogP contribution is -2.41. The van der Waals surface area contributed by atoms with E-state index in [9.17, 15) is 25.3 Å². The van der Waals surface area contributed by atoms with E-state index in [-0.39, 0.29) is 71.3 Å². The van der Waals surface area contributed by atoms with E-state index in [1.54, 1.807) is 79.1 Å². The number of anilines is 3. The Balaban J connectivity index is 0.000000161. The summed E-state index contributed by atoms with van der Waals surface area (Å²) < 4.78 is 108. The molecule has 3 aliphatic rings. The van der Waals surface area contributed by atoms with Gasteiger partial charge in [-0.25, -0.2) is 65.1 Å². The highest BCUT2D eigenvalue weighted by molar-refractivity contribution is 14.1. The maximum atomic E-state index is 13.0. The van der Waals surface area contributed by atoms with E-state index < -0.39 is 29.7 Å². The Morgan fingerprint density at radius 3 is 1.42 bits per heavy atom. The van der Waals surface area contributed by atoms with Crippen LogP contribution >= 0.6 is 73.3 Å². The molecular formula is C90H105BBrCl3IN15O11S3. The van der Waals surface area contributed by atoms with Crippen molar-refractivity contribution >= 4 is 166 Å². The topological polar surface area (TPSA) is 347 Å². The summed E-state index contributed by atoms with van der Waals surface area (Å²) in [4.78, 5) is 44.7. The fraction of sp³-hybridized carbons (Fsp3) is 0.367. The van der Waals surface area contributed by atoms with Crippen LogP contribution in [0, 0.1) is 3.83 Å². The van der Waals surface area contributed by atoms with Crippen molar-refractivity contribution < 1.29 is 48.8 Å². The van der Waals surface area contributed by atoms with Gasteiger partial charge < -0.3 is 50.1 Å². The Bertz CT molecular complexity index is 6190. The molecule has 2 aliphatic carbocycles. The van der Waals surface area contributed by atoms with E-state index in [1.165, 1.54) is 90.2 Å². The second kappa shape index (κ2) is 42.5. The first-order chi connectivity index (χ1) is 59.4. The number of fused-ring (bicyclic) bond motifs is 3. The Morgan fingerprint density at radius 1 is 0.520 bits per heavy atom. The number of aromatic nitrogens is 9. The monoisotopic (exact) mass is 1990 g/mol. The number of hydrogen-bond acceptors (Lipinski definition) is 25. The summed E-state index contributed by atoms with van der Waals surface area (Å²) in [6.45, 7) is 14.5. The summed E-state index contributed by atoms with van der Waals surface area (Å²) in [7, 11) is 1.59. The molecule has 0 amide bonds. The summed E-state index contributed by atoms with van der Waals surface area (Å²) in [5.41, 5.74) is 21.9. The number of pyridine rings is 3. The van der Waals surface area contributed by atoms with Gasteiger partial charge in [0.25, 0.3) is 10.0 Å². The van der Waals surface area contributed by atoms with E-state index in [2.05, 4.69) is 193 Å². The predicted molar refractivity (Wildman–Crippen MR) is 512 cm³/mol. The lowest BCUT2D eigenvalue weighted by molar-refractivity contribution is 0.00578. The number of aryl methyl sites for hydroxylation is 3. The number of nitrogens with zero attached hydrogens (tertiary/aromatic N) is 11. The number of rotatable bonds is 22. The van der Waals surface area contributed by atoms with Crippen molar-refractivity contribution in [2.75, 3.05) is 65.3 Å². The van der Waals surface area contributed by atoms with Gasteiger partial charge in [-0.3, -0.25) is 4.72 Å². The van der Waals surface area contributed by atoms with E-state index in [0.29, 0.717) is 61.5 Å². The Hall–Kier alpha value is -8.62. The standard InChI is InChI=1S/C31H36ClN5O3S.C23H19ClIN3O3S.C16H22BN3O2.C12H10BrClN2O3S.C8H18N2/c1-5-20-16-21(17-22-18-33-31(36-29(20)22)35-23-10-13-25(14-11-23)37(2)3)26-15-12-24(34-30(26)40-4)19-41(38,39)28-9-7-6-8-27(28)32;1-3-14-10-15(11-16-12-26-23(25)28-21(14)16)18-9-8-17(27-22(18)31-2)13-32(29,30)20-7-5-4-6-19(20)24;1-6-10-7-12(8-11-9-19-14(18)20-13(10)11)17-21-15(2,3)16(4,5)22-17;1-19-12-8(13)6-7-11(15-12)16-20(17,18)10-5-3-2-4-9(10)14;1-10(2)8-5-3-7(9)4-6-8/h6-9,12,15-18,23,25H,5,10-11,13-14,19H2,1-4H3,(H,33,35,36);4-12H,3,13H2,1-2H3;7-9H,6H2,1-5H3,(H2,18,19,20);2-7H,1H3,(H,15,16);7-8H,3-6,9H2,1-2H3. The number of sulfonamides is 1. The van der Waals surface area contributed by atoms with Crippen LogP contribution in [0.1, 0.15) is 128 Å². The third kappa shape index (κ3) is 24.4. The lowest BCUT2D eigenvalue weighted by Gasteiger charge is -2.32. The maximum Gasteiger partial charge on any atom is 0.494 e. The molecule has 125 heavy (non-hydrogen) atoms. The molecule has 2 saturated carbocycles. The molecule has 0 bridgehead atoms. The van der Waals surface area contributed by atoms with Gasteiger partial charge in [-0.2, -0.15) is 4.98 Å². The zero-order valence-electron chi connectivity index (χ0n) is 72.3. The number of benzene rings is 6. The van der Waals surface area contributed by atoms with Crippen LogP contribution in [0.15, 0.2) is 183 Å². The molecule has 15 rings (SSSR count). The van der Waals surface area contributed by atoms with Gasteiger partial charge in [0.2, 0.25) is 29.5 Å². The molecule has 0 spiro atoms. The van der Waals surface area contributed by atoms with Gasteiger partial charge in [-0.05, 0) is 273 Å². The van der Waals surface area contributed by atoms with Gasteiger partial charge in [-0.15, -0.1) is 0 Å². The van der Waals surface area contributed by atoms with Gasteiger partial charge in [0.05, 0.1) is 101 Å². The highest BCUT2D eigenvalue weighted by Crippen LogP contribution is 2.40. The first-order valence-corrected chi connectivity index (χ1v) is 48.7. The van der Waals surface area contributed by atoms with Gasteiger partial charge in [0.1, 0.15) is 10.7 Å². The van der Waals surface area contributed by atoms with E-state index >= 15 is 0 Å². The molecule has 35 heteroatoms. The number of methoxy groups -OCH3 is 3. The number of sulfone groups is 2. The molecule has 6 aromatic carbocycles. The Morgan fingerprint density at radius 2 is 0.952 bits per heavy atom. The van der Waals surface area contributed by atoms with Crippen LogP contribution in [0.5, 0.6) is 17.6 Å². The van der Waals surface area contributed by atoms with Crippen molar-refractivity contribution in [3.8, 4) is 39.9 Å². The van der Waals surface area contributed by atoms with Crippen LogP contribution in [0.2, 0.25) is 15.1 Å². The molecule has 26 nitrogen and oxygen atoms in total. The molecule has 7 heterocycles. The van der Waals surface area contributed by atoms with Crippen molar-refractivity contribution in [2.24, 2.45) is 5.73 Å². The number of hydrogen-bond donors (Lipinski definition) is 4. The van der Waals surface area contributed by atoms with Crippen molar-refractivity contribution in [2.45, 2.75) is 181 Å². The molecule has 6 N–H and O–H groups in total. The van der Waals surface area contributed by atoms with Gasteiger partial charge in [-0.1, -0.05) is 104 Å². The molecule has 12 aromatic rings. The molecule has 0 unspecified atom stereocenters. The first-order valence-electron chi connectivity index (χ1n) is 40.9. The van der Waals surface area contributed by atoms with Crippen LogP contribution in [0.3, 0.4) is 0 Å². The van der Waals surface area contributed by atoms with E-state index in [0.717, 1.165) is 115 Å². The van der Waals surface area contributed by atoms with Crippen LogP contribution in [0.25, 0.3) is 55.0 Å². The summed E-state index contributed by atoms with van der Waals surface area (Å²) in [6.07, 6.45) is 17.4. The van der Waals surface area contributed by atoms with E-state index in [1.807, 2.05) is 36.5 Å². The number of nitrogen functional groups attached to an aromatic ring is 1. The minimum atomic E-state index is -3.80. The minimum Gasteiger partial charge on any atom is -0.481 e. The van der Waals surface area contributed by atoms with Crippen LogP contribution in [-0.4, -0.2) is 172 Å². The lowest BCUT2D eigenvalue weighted by atomic mass is 9.77. The fourth-order valence-electron chi connectivity index (χ4n) is 14.8. The van der Waals surface area contributed by atoms with E-state index in [4.69, 9.17) is 74.8 Å². The molecule has 0 radical (unpaired) electrons. The second-order valence-electron chi connectivity index (χ2n) is 31.9. The second-order valence-corrected chi connectivity index (χ2v) is 40.5. The molecule has 6 aromatic heterocycles. The third-order valence-electron chi connectivity index (χ3n) is 22.4. The molecule has 3 fully saturated rings. The molecule has 0 atom stereocenters. The minimum absolute atomic E-state index is 0.00893. The number of ether oxygens (including phenoxy) is 3. The highest BCUT2D eigenvalue weighted by atomic mass is 127. The first kappa shape index (κ1) is 97.0. The highest BCUT2D eigenvalue weighted by Gasteiger charge is 2.52. The molecular weight excluding hydrogens is 1890 g/mol. The Kier molecular flexibility index (Phi) is 33.0. The molecule has 1 saturated heterocycles. The average Bonchev–Trinajstić information content (AvgIpc) is 1.45. The predicted octanol–water partition coefficient (Wildman–Crippen LogP) is 17.9.